The van der Waals surface area contributed by atoms with Crippen LogP contribution >= 0.6 is 39.3 Å². The van der Waals surface area contributed by atoms with E-state index in [-0.39, 0.29) is 0 Å². The zero-order valence-corrected chi connectivity index (χ0v) is 13.9. The third-order valence-electron chi connectivity index (χ3n) is 2.64. The van der Waals surface area contributed by atoms with E-state index in [2.05, 4.69) is 34.2 Å². The number of anilines is 2. The van der Waals surface area contributed by atoms with E-state index in [1.54, 1.807) is 11.8 Å². The molecule has 0 radical (unpaired) electrons. The van der Waals surface area contributed by atoms with Crippen LogP contribution in [0.4, 0.5) is 11.4 Å². The zero-order chi connectivity index (χ0) is 14.5. The summed E-state index contributed by atoms with van der Waals surface area (Å²) in [6, 6.07) is 13.7. The van der Waals surface area contributed by atoms with E-state index in [9.17, 15) is 5.26 Å². The minimum atomic E-state index is 0.632. The highest BCUT2D eigenvalue weighted by atomic mass is 79.9. The molecular formula is C15H12BrClN2S. The van der Waals surface area contributed by atoms with Gasteiger partial charge < -0.3 is 5.32 Å². The van der Waals surface area contributed by atoms with Crippen molar-refractivity contribution in [2.24, 2.45) is 0 Å². The summed E-state index contributed by atoms with van der Waals surface area (Å²) in [6.45, 7) is 2.07. The molecule has 102 valence electrons. The molecule has 0 amide bonds. The van der Waals surface area contributed by atoms with Crippen LogP contribution < -0.4 is 5.32 Å². The van der Waals surface area contributed by atoms with Crippen molar-refractivity contribution in [3.8, 4) is 6.07 Å². The van der Waals surface area contributed by atoms with Gasteiger partial charge >= 0.3 is 0 Å². The van der Waals surface area contributed by atoms with E-state index in [0.29, 0.717) is 10.6 Å². The number of rotatable bonds is 4. The summed E-state index contributed by atoms with van der Waals surface area (Å²) in [4.78, 5) is 0.989. The summed E-state index contributed by atoms with van der Waals surface area (Å²) in [5, 5.41) is 13.2. The molecule has 0 spiro atoms. The minimum Gasteiger partial charge on any atom is -0.354 e. The van der Waals surface area contributed by atoms with E-state index in [1.165, 1.54) is 0 Å². The van der Waals surface area contributed by atoms with Gasteiger partial charge in [-0.05, 0) is 52.0 Å². The van der Waals surface area contributed by atoms with Crippen molar-refractivity contribution in [2.45, 2.75) is 11.8 Å². The Kier molecular flexibility index (Phi) is 5.36. The first-order chi connectivity index (χ1) is 9.65. The molecule has 1 N–H and O–H groups in total. The highest BCUT2D eigenvalue weighted by molar-refractivity contribution is 9.10. The molecule has 0 unspecified atom stereocenters. The number of thioether (sulfide) groups is 1. The molecule has 0 atom stereocenters. The van der Waals surface area contributed by atoms with E-state index in [4.69, 9.17) is 11.6 Å². The molecule has 5 heteroatoms. The lowest BCUT2D eigenvalue weighted by Crippen LogP contribution is -1.95. The van der Waals surface area contributed by atoms with E-state index in [1.807, 2.05) is 36.4 Å². The maximum absolute atomic E-state index is 9.37. The monoisotopic (exact) mass is 366 g/mol. The Labute approximate surface area is 136 Å². The lowest BCUT2D eigenvalue weighted by atomic mass is 10.2. The van der Waals surface area contributed by atoms with Gasteiger partial charge in [0.25, 0.3) is 0 Å². The van der Waals surface area contributed by atoms with Gasteiger partial charge in [0.05, 0.1) is 16.3 Å². The molecule has 20 heavy (non-hydrogen) atoms. The van der Waals surface area contributed by atoms with Crippen LogP contribution in [-0.4, -0.2) is 5.75 Å². The molecule has 2 aromatic rings. The SMILES string of the molecule is CCSc1cccc(Nc2ccc(Br)c(Cl)c2)c1C#N. The quantitative estimate of drug-likeness (QED) is 0.691. The Morgan fingerprint density at radius 1 is 1.35 bits per heavy atom. The van der Waals surface area contributed by atoms with E-state index < -0.39 is 0 Å². The van der Waals surface area contributed by atoms with E-state index in [0.717, 1.165) is 26.5 Å². The second kappa shape index (κ2) is 7.03. The number of hydrogen-bond donors (Lipinski definition) is 1. The Balaban J connectivity index is 2.35. The van der Waals surface area contributed by atoms with Gasteiger partial charge in [-0.15, -0.1) is 11.8 Å². The summed E-state index contributed by atoms with van der Waals surface area (Å²) in [5.41, 5.74) is 2.32. The number of nitriles is 1. The second-order valence-electron chi connectivity index (χ2n) is 3.98. The summed E-state index contributed by atoms with van der Waals surface area (Å²) < 4.78 is 0.848. The average molecular weight is 368 g/mol. The Morgan fingerprint density at radius 2 is 2.15 bits per heavy atom. The molecule has 0 bridgehead atoms. The normalized spacial score (nSPS) is 10.1. The van der Waals surface area contributed by atoms with Crippen LogP contribution in [0.2, 0.25) is 5.02 Å². The average Bonchev–Trinajstić information content (AvgIpc) is 2.44. The second-order valence-corrected chi connectivity index (χ2v) is 6.54. The van der Waals surface area contributed by atoms with Crippen molar-refractivity contribution >= 4 is 50.7 Å². The topological polar surface area (TPSA) is 35.8 Å². The van der Waals surface area contributed by atoms with Crippen molar-refractivity contribution < 1.29 is 0 Å². The summed E-state index contributed by atoms with van der Waals surface area (Å²) in [6.07, 6.45) is 0. The standard InChI is InChI=1S/C15H12BrClN2S/c1-2-20-15-5-3-4-14(11(15)9-18)19-10-6-7-12(16)13(17)8-10/h3-8,19H,2H2,1H3. The van der Waals surface area contributed by atoms with Crippen LogP contribution in [0.15, 0.2) is 45.8 Å². The highest BCUT2D eigenvalue weighted by Gasteiger charge is 2.08. The van der Waals surface area contributed by atoms with Gasteiger partial charge in [0.1, 0.15) is 6.07 Å². The molecule has 2 aromatic carbocycles. The van der Waals surface area contributed by atoms with Crippen LogP contribution in [0, 0.1) is 11.3 Å². The van der Waals surface area contributed by atoms with Gasteiger partial charge in [0.2, 0.25) is 0 Å². The number of halogens is 2. The third-order valence-corrected chi connectivity index (χ3v) is 4.81. The van der Waals surface area contributed by atoms with Crippen molar-refractivity contribution in [1.82, 2.24) is 0 Å². The Bertz CT molecular complexity index is 667. The minimum absolute atomic E-state index is 0.632. The van der Waals surface area contributed by atoms with Gasteiger partial charge in [-0.1, -0.05) is 24.6 Å². The number of nitrogens with zero attached hydrogens (tertiary/aromatic N) is 1. The molecular weight excluding hydrogens is 356 g/mol. The Hall–Kier alpha value is -1.15. The van der Waals surface area contributed by atoms with Gasteiger partial charge in [0.15, 0.2) is 0 Å². The number of hydrogen-bond acceptors (Lipinski definition) is 3. The smallest absolute Gasteiger partial charge is 0.103 e. The maximum atomic E-state index is 9.37. The summed E-state index contributed by atoms with van der Waals surface area (Å²) in [7, 11) is 0. The molecule has 0 saturated heterocycles. The molecule has 0 aliphatic heterocycles. The third kappa shape index (κ3) is 3.49. The zero-order valence-electron chi connectivity index (χ0n) is 10.8. The van der Waals surface area contributed by atoms with Gasteiger partial charge in [-0.3, -0.25) is 0 Å². The predicted molar refractivity (Wildman–Crippen MR) is 90.0 cm³/mol. The molecule has 2 nitrogen and oxygen atoms in total. The summed E-state index contributed by atoms with van der Waals surface area (Å²) >= 11 is 11.1. The number of nitrogens with one attached hydrogen (secondary N) is 1. The maximum Gasteiger partial charge on any atom is 0.103 e. The molecule has 0 aromatic heterocycles. The van der Waals surface area contributed by atoms with Crippen molar-refractivity contribution in [2.75, 3.05) is 11.1 Å². The van der Waals surface area contributed by atoms with Crippen LogP contribution in [0.25, 0.3) is 0 Å². The van der Waals surface area contributed by atoms with Crippen LogP contribution in [0.1, 0.15) is 12.5 Å². The van der Waals surface area contributed by atoms with Crippen LogP contribution in [-0.2, 0) is 0 Å². The van der Waals surface area contributed by atoms with Crippen molar-refractivity contribution in [3.05, 3.63) is 51.5 Å². The van der Waals surface area contributed by atoms with Gasteiger partial charge in [-0.25, -0.2) is 0 Å². The Morgan fingerprint density at radius 3 is 2.80 bits per heavy atom. The van der Waals surface area contributed by atoms with E-state index >= 15 is 0 Å². The first-order valence-electron chi connectivity index (χ1n) is 6.03. The first-order valence-corrected chi connectivity index (χ1v) is 8.19. The lowest BCUT2D eigenvalue weighted by molar-refractivity contribution is 1.34. The fraction of sp³-hybridized carbons (Fsp3) is 0.133. The molecule has 0 aliphatic rings. The fourth-order valence-corrected chi connectivity index (χ4v) is 2.97. The number of benzene rings is 2. The molecule has 0 heterocycles. The predicted octanol–water partition coefficient (Wildman–Crippen LogP) is 5.83. The molecule has 0 aliphatic carbocycles. The molecule has 2 rings (SSSR count). The van der Waals surface area contributed by atoms with Crippen LogP contribution in [0.3, 0.4) is 0 Å². The molecule has 0 saturated carbocycles. The first kappa shape index (κ1) is 15.2. The van der Waals surface area contributed by atoms with Gasteiger partial charge in [-0.2, -0.15) is 5.26 Å². The highest BCUT2D eigenvalue weighted by Crippen LogP contribution is 2.31. The molecule has 0 fully saturated rings. The van der Waals surface area contributed by atoms with Gasteiger partial charge in [0, 0.05) is 15.1 Å². The largest absolute Gasteiger partial charge is 0.354 e. The van der Waals surface area contributed by atoms with Crippen molar-refractivity contribution in [1.29, 1.82) is 5.26 Å². The van der Waals surface area contributed by atoms with Crippen molar-refractivity contribution in [3.63, 3.8) is 0 Å². The fourth-order valence-electron chi connectivity index (χ4n) is 1.76. The van der Waals surface area contributed by atoms with Crippen LogP contribution in [0.5, 0.6) is 0 Å². The lowest BCUT2D eigenvalue weighted by Gasteiger charge is -2.11. The summed E-state index contributed by atoms with van der Waals surface area (Å²) in [5.74, 6) is 0.933.